The Labute approximate surface area is 113 Å². The number of likely N-dealkylation sites (N-methyl/N-ethyl adjacent to an activating group) is 2. The number of hydrogen-bond acceptors (Lipinski definition) is 4. The monoisotopic (exact) mass is 285 g/mol. The average Bonchev–Trinajstić information content (AvgIpc) is 2.31. The molecule has 0 radical (unpaired) electrons. The van der Waals surface area contributed by atoms with E-state index in [1.54, 1.807) is 33.2 Å². The number of anilines is 1. The van der Waals surface area contributed by atoms with Gasteiger partial charge in [0.2, 0.25) is 15.9 Å². The maximum absolute atomic E-state index is 12.4. The first-order valence-corrected chi connectivity index (χ1v) is 7.13. The van der Waals surface area contributed by atoms with Crippen LogP contribution in [0.2, 0.25) is 0 Å². The molecule has 0 saturated carbocycles. The molecule has 0 aliphatic rings. The van der Waals surface area contributed by atoms with Crippen LogP contribution in [0.3, 0.4) is 0 Å². The number of rotatable bonds is 4. The van der Waals surface area contributed by atoms with Crippen LogP contribution in [0.15, 0.2) is 23.1 Å². The topological polar surface area (TPSA) is 83.7 Å². The van der Waals surface area contributed by atoms with Crippen molar-refractivity contribution in [3.8, 4) is 0 Å². The van der Waals surface area contributed by atoms with Gasteiger partial charge in [-0.05, 0) is 24.6 Å². The van der Waals surface area contributed by atoms with E-state index in [2.05, 4.69) is 0 Å². The molecule has 0 fully saturated rings. The normalized spacial score (nSPS) is 11.6. The number of amides is 1. The van der Waals surface area contributed by atoms with E-state index in [-0.39, 0.29) is 17.3 Å². The zero-order valence-corrected chi connectivity index (χ0v) is 12.4. The Morgan fingerprint density at radius 1 is 1.26 bits per heavy atom. The molecule has 1 amide bonds. The summed E-state index contributed by atoms with van der Waals surface area (Å²) >= 11 is 0. The molecule has 106 valence electrons. The second kappa shape index (κ2) is 5.58. The lowest BCUT2D eigenvalue weighted by Gasteiger charge is -2.20. The summed E-state index contributed by atoms with van der Waals surface area (Å²) in [5.41, 5.74) is 6.58. The summed E-state index contributed by atoms with van der Waals surface area (Å²) < 4.78 is 25.8. The molecule has 0 aliphatic heterocycles. The van der Waals surface area contributed by atoms with Gasteiger partial charge in [-0.3, -0.25) is 4.79 Å². The van der Waals surface area contributed by atoms with Crippen LogP contribution in [0.1, 0.15) is 5.56 Å². The first-order chi connectivity index (χ1) is 8.66. The molecule has 19 heavy (non-hydrogen) atoms. The number of aryl methyl sites for hydroxylation is 1. The van der Waals surface area contributed by atoms with Crippen molar-refractivity contribution in [2.24, 2.45) is 0 Å². The highest BCUT2D eigenvalue weighted by Gasteiger charge is 2.25. The molecule has 0 spiro atoms. The van der Waals surface area contributed by atoms with E-state index in [1.165, 1.54) is 18.0 Å². The number of nitrogens with zero attached hydrogens (tertiary/aromatic N) is 2. The Morgan fingerprint density at radius 2 is 1.84 bits per heavy atom. The Kier molecular flexibility index (Phi) is 4.54. The third-order valence-corrected chi connectivity index (χ3v) is 4.70. The van der Waals surface area contributed by atoms with Crippen molar-refractivity contribution in [2.45, 2.75) is 11.8 Å². The van der Waals surface area contributed by atoms with Gasteiger partial charge >= 0.3 is 0 Å². The van der Waals surface area contributed by atoms with E-state index in [0.29, 0.717) is 11.3 Å². The Hall–Kier alpha value is -1.60. The SMILES string of the molecule is Cc1ccc(N)cc1S(=O)(=O)N(C)CC(=O)N(C)C. The molecule has 0 aromatic heterocycles. The number of carbonyl (C=O) groups is 1. The molecule has 6 nitrogen and oxygen atoms in total. The van der Waals surface area contributed by atoms with Crippen molar-refractivity contribution in [1.82, 2.24) is 9.21 Å². The molecular weight excluding hydrogens is 266 g/mol. The number of sulfonamides is 1. The zero-order chi connectivity index (χ0) is 14.8. The number of benzene rings is 1. The third kappa shape index (κ3) is 3.45. The van der Waals surface area contributed by atoms with E-state index in [0.717, 1.165) is 4.31 Å². The number of carbonyl (C=O) groups excluding carboxylic acids is 1. The van der Waals surface area contributed by atoms with Gasteiger partial charge in [-0.2, -0.15) is 4.31 Å². The Bertz CT molecular complexity index is 582. The van der Waals surface area contributed by atoms with Crippen LogP contribution in [0.25, 0.3) is 0 Å². The second-order valence-electron chi connectivity index (χ2n) is 4.57. The van der Waals surface area contributed by atoms with Crippen LogP contribution in [-0.4, -0.2) is 51.2 Å². The van der Waals surface area contributed by atoms with Gasteiger partial charge in [0.25, 0.3) is 0 Å². The van der Waals surface area contributed by atoms with Crippen molar-refractivity contribution in [3.05, 3.63) is 23.8 Å². The molecule has 0 saturated heterocycles. The minimum atomic E-state index is -3.71. The number of nitrogen functional groups attached to an aromatic ring is 1. The van der Waals surface area contributed by atoms with Crippen LogP contribution in [0.4, 0.5) is 5.69 Å². The van der Waals surface area contributed by atoms with E-state index >= 15 is 0 Å². The van der Waals surface area contributed by atoms with Crippen LogP contribution in [0.5, 0.6) is 0 Å². The molecule has 0 aliphatic carbocycles. The summed E-state index contributed by atoms with van der Waals surface area (Å²) in [6, 6.07) is 4.68. The van der Waals surface area contributed by atoms with Gasteiger partial charge in [0.05, 0.1) is 11.4 Å². The predicted octanol–water partition coefficient (Wildman–Crippen LogP) is 0.286. The minimum absolute atomic E-state index is 0.126. The van der Waals surface area contributed by atoms with E-state index in [4.69, 9.17) is 5.73 Å². The highest BCUT2D eigenvalue weighted by molar-refractivity contribution is 7.89. The molecule has 7 heteroatoms. The van der Waals surface area contributed by atoms with Crippen molar-refractivity contribution in [3.63, 3.8) is 0 Å². The van der Waals surface area contributed by atoms with Crippen LogP contribution >= 0.6 is 0 Å². The fourth-order valence-electron chi connectivity index (χ4n) is 1.48. The largest absolute Gasteiger partial charge is 0.399 e. The third-order valence-electron chi connectivity index (χ3n) is 2.76. The van der Waals surface area contributed by atoms with Gasteiger partial charge in [-0.15, -0.1) is 0 Å². The predicted molar refractivity (Wildman–Crippen MR) is 74.1 cm³/mol. The summed E-state index contributed by atoms with van der Waals surface area (Å²) in [6.07, 6.45) is 0. The van der Waals surface area contributed by atoms with E-state index < -0.39 is 10.0 Å². The van der Waals surface area contributed by atoms with Crippen LogP contribution < -0.4 is 5.73 Å². The zero-order valence-electron chi connectivity index (χ0n) is 11.5. The fraction of sp³-hybridized carbons (Fsp3) is 0.417. The van der Waals surface area contributed by atoms with Crippen molar-refractivity contribution in [2.75, 3.05) is 33.4 Å². The summed E-state index contributed by atoms with van der Waals surface area (Å²) in [6.45, 7) is 1.48. The maximum Gasteiger partial charge on any atom is 0.243 e. The van der Waals surface area contributed by atoms with Gasteiger partial charge in [0.15, 0.2) is 0 Å². The van der Waals surface area contributed by atoms with Gasteiger partial charge in [0.1, 0.15) is 0 Å². The maximum atomic E-state index is 12.4. The molecule has 2 N–H and O–H groups in total. The lowest BCUT2D eigenvalue weighted by Crippen LogP contribution is -2.38. The quantitative estimate of drug-likeness (QED) is 0.806. The molecular formula is C12H19N3O3S. The molecule has 0 unspecified atom stereocenters. The number of hydrogen-bond donors (Lipinski definition) is 1. The summed E-state index contributed by atoms with van der Waals surface area (Å²) in [7, 11) is 0.815. The standard InChI is InChI=1S/C12H19N3O3S/c1-9-5-6-10(13)7-11(9)19(17,18)15(4)8-12(16)14(2)3/h5-7H,8,13H2,1-4H3. The van der Waals surface area contributed by atoms with Crippen molar-refractivity contribution < 1.29 is 13.2 Å². The molecule has 1 aromatic carbocycles. The average molecular weight is 285 g/mol. The summed E-state index contributed by atoms with van der Waals surface area (Å²) in [5.74, 6) is -0.285. The fourth-order valence-corrected chi connectivity index (χ4v) is 2.86. The molecule has 0 heterocycles. The highest BCUT2D eigenvalue weighted by Crippen LogP contribution is 2.21. The van der Waals surface area contributed by atoms with Gasteiger partial charge in [0, 0.05) is 26.8 Å². The van der Waals surface area contributed by atoms with Crippen LogP contribution in [-0.2, 0) is 14.8 Å². The van der Waals surface area contributed by atoms with Gasteiger partial charge in [-0.1, -0.05) is 6.07 Å². The summed E-state index contributed by atoms with van der Waals surface area (Å²) in [4.78, 5) is 13.1. The van der Waals surface area contributed by atoms with Gasteiger partial charge in [-0.25, -0.2) is 8.42 Å². The van der Waals surface area contributed by atoms with Crippen molar-refractivity contribution in [1.29, 1.82) is 0 Å². The lowest BCUT2D eigenvalue weighted by molar-refractivity contribution is -0.128. The lowest BCUT2D eigenvalue weighted by atomic mass is 10.2. The summed E-state index contributed by atoms with van der Waals surface area (Å²) in [5, 5.41) is 0. The molecule has 0 atom stereocenters. The van der Waals surface area contributed by atoms with E-state index in [9.17, 15) is 13.2 Å². The molecule has 1 rings (SSSR count). The minimum Gasteiger partial charge on any atom is -0.399 e. The smallest absolute Gasteiger partial charge is 0.243 e. The van der Waals surface area contributed by atoms with E-state index in [1.807, 2.05) is 0 Å². The molecule has 0 bridgehead atoms. The highest BCUT2D eigenvalue weighted by atomic mass is 32.2. The first-order valence-electron chi connectivity index (χ1n) is 5.69. The Morgan fingerprint density at radius 3 is 2.37 bits per heavy atom. The van der Waals surface area contributed by atoms with Crippen molar-refractivity contribution >= 4 is 21.6 Å². The number of nitrogens with two attached hydrogens (primary N) is 1. The Balaban J connectivity index is 3.10. The van der Waals surface area contributed by atoms with Crippen LogP contribution in [0, 0.1) is 6.92 Å². The van der Waals surface area contributed by atoms with Gasteiger partial charge < -0.3 is 10.6 Å². The molecule has 1 aromatic rings. The second-order valence-corrected chi connectivity index (χ2v) is 6.59. The first kappa shape index (κ1) is 15.5.